The van der Waals surface area contributed by atoms with E-state index in [1.54, 1.807) is 0 Å². The molecule has 1 nitrogen and oxygen atoms in total. The SMILES string of the molecule is CC1=CN=CC(C)(C)C=C1C. The normalized spacial score (nSPS) is 22.2. The summed E-state index contributed by atoms with van der Waals surface area (Å²) in [7, 11) is 0. The molecule has 1 heterocycles. The van der Waals surface area contributed by atoms with Crippen molar-refractivity contribution in [3.8, 4) is 0 Å². The summed E-state index contributed by atoms with van der Waals surface area (Å²) >= 11 is 0. The van der Waals surface area contributed by atoms with Crippen LogP contribution in [0.15, 0.2) is 28.4 Å². The van der Waals surface area contributed by atoms with Crippen LogP contribution in [0.25, 0.3) is 0 Å². The van der Waals surface area contributed by atoms with Crippen LogP contribution in [-0.2, 0) is 0 Å². The van der Waals surface area contributed by atoms with Gasteiger partial charge in [-0.3, -0.25) is 4.99 Å². The van der Waals surface area contributed by atoms with Crippen LogP contribution >= 0.6 is 0 Å². The number of allylic oxidation sites excluding steroid dienone is 3. The molecule has 1 heteroatoms. The Labute approximate surface area is 68.5 Å². The third-order valence-electron chi connectivity index (χ3n) is 1.89. The lowest BCUT2D eigenvalue weighted by Crippen LogP contribution is -2.08. The predicted molar refractivity (Wildman–Crippen MR) is 49.8 cm³/mol. The molecule has 0 fully saturated rings. The van der Waals surface area contributed by atoms with Crippen LogP contribution < -0.4 is 0 Å². The molecule has 0 saturated carbocycles. The Bertz CT molecular complexity index is 242. The lowest BCUT2D eigenvalue weighted by atomic mass is 9.92. The minimum absolute atomic E-state index is 0.109. The Hall–Kier alpha value is -0.850. The maximum Gasteiger partial charge on any atom is 0.0296 e. The largest absolute Gasteiger partial charge is 0.268 e. The zero-order valence-corrected chi connectivity index (χ0v) is 7.68. The molecule has 0 saturated heterocycles. The standard InChI is InChI=1S/C10H15N/c1-8-5-10(3,4)7-11-6-9(8)2/h5-7H,1-4H3. The van der Waals surface area contributed by atoms with Crippen molar-refractivity contribution in [3.63, 3.8) is 0 Å². The van der Waals surface area contributed by atoms with Gasteiger partial charge in [-0.15, -0.1) is 0 Å². The first-order valence-corrected chi connectivity index (χ1v) is 3.92. The monoisotopic (exact) mass is 149 g/mol. The fraction of sp³-hybridized carbons (Fsp3) is 0.500. The van der Waals surface area contributed by atoms with Crippen molar-refractivity contribution in [1.29, 1.82) is 0 Å². The van der Waals surface area contributed by atoms with E-state index in [0.29, 0.717) is 0 Å². The first-order chi connectivity index (χ1) is 5.01. The van der Waals surface area contributed by atoms with Crippen LogP contribution in [0.5, 0.6) is 0 Å². The van der Waals surface area contributed by atoms with Crippen molar-refractivity contribution < 1.29 is 0 Å². The maximum absolute atomic E-state index is 4.22. The summed E-state index contributed by atoms with van der Waals surface area (Å²) in [5.74, 6) is 0. The van der Waals surface area contributed by atoms with Crippen LogP contribution in [-0.4, -0.2) is 6.21 Å². The molecular formula is C10H15N. The van der Waals surface area contributed by atoms with Gasteiger partial charge < -0.3 is 0 Å². The van der Waals surface area contributed by atoms with Gasteiger partial charge in [0, 0.05) is 17.8 Å². The lowest BCUT2D eigenvalue weighted by molar-refractivity contribution is 0.690. The van der Waals surface area contributed by atoms with Gasteiger partial charge in [-0.1, -0.05) is 19.9 Å². The highest BCUT2D eigenvalue weighted by molar-refractivity contribution is 5.70. The number of hydrogen-bond acceptors (Lipinski definition) is 1. The summed E-state index contributed by atoms with van der Waals surface area (Å²) in [4.78, 5) is 4.22. The molecule has 0 spiro atoms. The molecule has 11 heavy (non-hydrogen) atoms. The van der Waals surface area contributed by atoms with Gasteiger partial charge in [-0.05, 0) is 25.0 Å². The van der Waals surface area contributed by atoms with Crippen molar-refractivity contribution in [3.05, 3.63) is 23.4 Å². The fourth-order valence-electron chi connectivity index (χ4n) is 1.15. The summed E-state index contributed by atoms with van der Waals surface area (Å²) in [6.07, 6.45) is 6.14. The van der Waals surface area contributed by atoms with Gasteiger partial charge in [0.25, 0.3) is 0 Å². The van der Waals surface area contributed by atoms with E-state index in [1.807, 2.05) is 12.4 Å². The van der Waals surface area contributed by atoms with Gasteiger partial charge in [0.05, 0.1) is 0 Å². The van der Waals surface area contributed by atoms with Crippen molar-refractivity contribution in [2.75, 3.05) is 0 Å². The quantitative estimate of drug-likeness (QED) is 0.502. The van der Waals surface area contributed by atoms with Crippen LogP contribution in [0.3, 0.4) is 0 Å². The molecule has 0 aromatic rings. The Morgan fingerprint density at radius 1 is 1.18 bits per heavy atom. The molecule has 0 aromatic carbocycles. The fourth-order valence-corrected chi connectivity index (χ4v) is 1.15. The van der Waals surface area contributed by atoms with Gasteiger partial charge in [-0.2, -0.15) is 0 Å². The van der Waals surface area contributed by atoms with Gasteiger partial charge in [0.1, 0.15) is 0 Å². The molecule has 0 atom stereocenters. The van der Waals surface area contributed by atoms with Gasteiger partial charge in [-0.25, -0.2) is 0 Å². The third-order valence-corrected chi connectivity index (χ3v) is 1.89. The Morgan fingerprint density at radius 2 is 1.82 bits per heavy atom. The molecule has 0 N–H and O–H groups in total. The molecule has 0 radical (unpaired) electrons. The minimum Gasteiger partial charge on any atom is -0.268 e. The van der Waals surface area contributed by atoms with Crippen LogP contribution in [0.2, 0.25) is 0 Å². The van der Waals surface area contributed by atoms with Crippen molar-refractivity contribution in [2.45, 2.75) is 27.7 Å². The summed E-state index contributed by atoms with van der Waals surface area (Å²) in [6, 6.07) is 0. The van der Waals surface area contributed by atoms with E-state index in [2.05, 4.69) is 38.8 Å². The summed E-state index contributed by atoms with van der Waals surface area (Å²) in [5, 5.41) is 0. The van der Waals surface area contributed by atoms with Crippen LogP contribution in [0.4, 0.5) is 0 Å². The molecule has 60 valence electrons. The highest BCUT2D eigenvalue weighted by Gasteiger charge is 2.13. The Morgan fingerprint density at radius 3 is 2.45 bits per heavy atom. The number of nitrogens with zero attached hydrogens (tertiary/aromatic N) is 1. The molecule has 0 aromatic heterocycles. The number of aliphatic imine (C=N–C) groups is 1. The Balaban J connectivity index is 3.03. The van der Waals surface area contributed by atoms with Crippen LogP contribution in [0, 0.1) is 5.41 Å². The lowest BCUT2D eigenvalue weighted by Gasteiger charge is -2.13. The molecule has 0 aliphatic carbocycles. The Kier molecular flexibility index (Phi) is 1.99. The zero-order valence-electron chi connectivity index (χ0n) is 7.68. The highest BCUT2D eigenvalue weighted by atomic mass is 14.7. The first kappa shape index (κ1) is 8.25. The predicted octanol–water partition coefficient (Wildman–Crippen LogP) is 2.95. The van der Waals surface area contributed by atoms with Crippen molar-refractivity contribution >= 4 is 6.21 Å². The van der Waals surface area contributed by atoms with Crippen molar-refractivity contribution in [1.82, 2.24) is 0 Å². The molecule has 1 aliphatic rings. The minimum atomic E-state index is 0.109. The highest BCUT2D eigenvalue weighted by Crippen LogP contribution is 2.22. The van der Waals surface area contributed by atoms with Gasteiger partial charge in [0.2, 0.25) is 0 Å². The topological polar surface area (TPSA) is 12.4 Å². The molecular weight excluding hydrogens is 134 g/mol. The number of hydrogen-bond donors (Lipinski definition) is 0. The summed E-state index contributed by atoms with van der Waals surface area (Å²) < 4.78 is 0. The average molecular weight is 149 g/mol. The van der Waals surface area contributed by atoms with Crippen LogP contribution in [0.1, 0.15) is 27.7 Å². The second kappa shape index (κ2) is 2.65. The average Bonchev–Trinajstić information content (AvgIpc) is 1.93. The smallest absolute Gasteiger partial charge is 0.0296 e. The first-order valence-electron chi connectivity index (χ1n) is 3.92. The molecule has 1 rings (SSSR count). The zero-order chi connectivity index (χ0) is 8.48. The van der Waals surface area contributed by atoms with E-state index in [4.69, 9.17) is 0 Å². The van der Waals surface area contributed by atoms with Gasteiger partial charge in [0.15, 0.2) is 0 Å². The summed E-state index contributed by atoms with van der Waals surface area (Å²) in [6.45, 7) is 8.53. The third kappa shape index (κ3) is 2.04. The van der Waals surface area contributed by atoms with E-state index < -0.39 is 0 Å². The molecule has 1 aliphatic heterocycles. The van der Waals surface area contributed by atoms with Crippen molar-refractivity contribution in [2.24, 2.45) is 10.4 Å². The van der Waals surface area contributed by atoms with E-state index in [9.17, 15) is 0 Å². The van der Waals surface area contributed by atoms with E-state index in [1.165, 1.54) is 11.1 Å². The van der Waals surface area contributed by atoms with E-state index in [-0.39, 0.29) is 5.41 Å². The summed E-state index contributed by atoms with van der Waals surface area (Å²) in [5.41, 5.74) is 2.69. The molecule has 0 unspecified atom stereocenters. The second-order valence-corrected chi connectivity index (χ2v) is 3.74. The molecule has 0 bridgehead atoms. The van der Waals surface area contributed by atoms with Gasteiger partial charge >= 0.3 is 0 Å². The molecule has 0 amide bonds. The maximum atomic E-state index is 4.22. The second-order valence-electron chi connectivity index (χ2n) is 3.74. The number of rotatable bonds is 0. The van der Waals surface area contributed by atoms with E-state index in [0.717, 1.165) is 0 Å². The van der Waals surface area contributed by atoms with E-state index >= 15 is 0 Å².